The van der Waals surface area contributed by atoms with E-state index in [0.717, 1.165) is 23.8 Å². The van der Waals surface area contributed by atoms with Crippen LogP contribution in [0.2, 0.25) is 0 Å². The minimum Gasteiger partial charge on any atom is -0.505 e. The molecular formula is C26H25N5O14S4. The van der Waals surface area contributed by atoms with Gasteiger partial charge in [-0.15, -0.1) is 19.7 Å². The van der Waals surface area contributed by atoms with Crippen molar-refractivity contribution >= 4 is 81.6 Å². The Morgan fingerprint density at radius 3 is 2.16 bits per heavy atom. The second-order valence-corrected chi connectivity index (χ2v) is 15.0. The van der Waals surface area contributed by atoms with Gasteiger partial charge in [0.2, 0.25) is 0 Å². The number of phenolic OH excluding ortho intramolecular Hbond substituents is 1. The largest absolute Gasteiger partial charge is 0.505 e. The zero-order chi connectivity index (χ0) is 36.1. The number of rotatable bonds is 14. The van der Waals surface area contributed by atoms with Gasteiger partial charge in [-0.25, -0.2) is 17.9 Å². The molecule has 0 aliphatic heterocycles. The number of aromatic hydroxyl groups is 1. The van der Waals surface area contributed by atoms with Crippen LogP contribution in [-0.4, -0.2) is 64.2 Å². The molecular weight excluding hydrogens is 735 g/mol. The molecule has 0 amide bonds. The number of azo groups is 2. The van der Waals surface area contributed by atoms with Crippen LogP contribution in [0.25, 0.3) is 10.8 Å². The Hall–Kier alpha value is -4.30. The molecule has 4 aromatic rings. The van der Waals surface area contributed by atoms with Crippen LogP contribution in [0.4, 0.5) is 28.4 Å². The molecule has 0 saturated carbocycles. The number of aryl methyl sites for hydroxylation is 1. The van der Waals surface area contributed by atoms with Crippen molar-refractivity contribution in [2.24, 2.45) is 20.5 Å². The number of benzene rings is 4. The van der Waals surface area contributed by atoms with E-state index in [1.165, 1.54) is 25.3 Å². The fourth-order valence-corrected chi connectivity index (χ4v) is 6.85. The number of anilines is 1. The summed E-state index contributed by atoms with van der Waals surface area (Å²) in [4.78, 5) is -1.15. The lowest BCUT2D eigenvalue weighted by Gasteiger charge is -2.14. The minimum atomic E-state index is -5.03. The molecule has 262 valence electrons. The maximum Gasteiger partial charge on any atom is 0.397 e. The highest BCUT2D eigenvalue weighted by Gasteiger charge is 2.26. The van der Waals surface area contributed by atoms with Gasteiger partial charge in [0.05, 0.1) is 58.1 Å². The molecule has 0 atom stereocenters. The normalized spacial score (nSPS) is 12.8. The number of methoxy groups -OCH3 is 1. The lowest BCUT2D eigenvalue weighted by Crippen LogP contribution is -2.15. The van der Waals surface area contributed by atoms with Gasteiger partial charge in [0.25, 0.3) is 10.1 Å². The second kappa shape index (κ2) is 15.1. The van der Waals surface area contributed by atoms with Crippen molar-refractivity contribution in [1.82, 2.24) is 0 Å². The van der Waals surface area contributed by atoms with E-state index in [9.17, 15) is 34.9 Å². The average Bonchev–Trinajstić information content (AvgIpc) is 3.01. The van der Waals surface area contributed by atoms with Crippen LogP contribution >= 0.6 is 12.0 Å². The Labute approximate surface area is 282 Å². The van der Waals surface area contributed by atoms with Crippen molar-refractivity contribution in [2.45, 2.75) is 21.6 Å². The first-order valence-corrected chi connectivity index (χ1v) is 18.3. The SMILES string of the molecule is COc1ccc(C)cc1N=Nc1c(SOOO)cc2cc(S(=O)(=O)O)c(N=Nc3ccc(S(=O)(=O)CCOS(=O)(=O)O)cc3)c(N)c2c1O. The van der Waals surface area contributed by atoms with Gasteiger partial charge in [0.1, 0.15) is 27.7 Å². The fraction of sp³-hybridized carbons (Fsp3) is 0.154. The number of hydrogen-bond donors (Lipinski definition) is 5. The number of nitrogen functional groups attached to an aromatic ring is 1. The van der Waals surface area contributed by atoms with E-state index < -0.39 is 64.7 Å². The molecule has 0 aliphatic rings. The lowest BCUT2D eigenvalue weighted by atomic mass is 10.1. The molecule has 0 saturated heterocycles. The third kappa shape index (κ3) is 9.24. The summed E-state index contributed by atoms with van der Waals surface area (Å²) in [6.07, 6.45) is 0. The molecule has 0 fully saturated rings. The van der Waals surface area contributed by atoms with Gasteiger partial charge in [-0.3, -0.25) is 9.11 Å². The highest BCUT2D eigenvalue weighted by molar-refractivity contribution is 7.94. The van der Waals surface area contributed by atoms with Gasteiger partial charge >= 0.3 is 10.4 Å². The van der Waals surface area contributed by atoms with E-state index >= 15 is 0 Å². The molecule has 0 aliphatic carbocycles. The quantitative estimate of drug-likeness (QED) is 0.0263. The molecule has 6 N–H and O–H groups in total. The predicted octanol–water partition coefficient (Wildman–Crippen LogP) is 5.54. The van der Waals surface area contributed by atoms with E-state index in [-0.39, 0.29) is 37.6 Å². The minimum absolute atomic E-state index is 0.0207. The van der Waals surface area contributed by atoms with Crippen LogP contribution in [-0.2, 0) is 43.9 Å². The van der Waals surface area contributed by atoms with E-state index in [1.807, 2.05) is 0 Å². The monoisotopic (exact) mass is 759 g/mol. The summed E-state index contributed by atoms with van der Waals surface area (Å²) in [5.41, 5.74) is 5.99. The second-order valence-electron chi connectivity index (χ2n) is 9.65. The van der Waals surface area contributed by atoms with Gasteiger partial charge in [-0.05, 0) is 66.4 Å². The molecule has 49 heavy (non-hydrogen) atoms. The third-order valence-electron chi connectivity index (χ3n) is 6.38. The van der Waals surface area contributed by atoms with Gasteiger partial charge in [0.15, 0.2) is 15.6 Å². The number of nitrogens with two attached hydrogens (primary N) is 1. The molecule has 4 rings (SSSR count). The molecule has 0 heterocycles. The van der Waals surface area contributed by atoms with Crippen LogP contribution in [0.3, 0.4) is 0 Å². The highest BCUT2D eigenvalue weighted by Crippen LogP contribution is 2.50. The first kappa shape index (κ1) is 37.5. The summed E-state index contributed by atoms with van der Waals surface area (Å²) in [6, 6.07) is 11.8. The van der Waals surface area contributed by atoms with E-state index in [4.69, 9.17) is 20.3 Å². The number of hydrogen-bond acceptors (Lipinski definition) is 18. The van der Waals surface area contributed by atoms with Crippen molar-refractivity contribution in [3.8, 4) is 11.5 Å². The molecule has 0 unspecified atom stereocenters. The molecule has 0 aromatic heterocycles. The number of nitrogens with zero attached hydrogens (tertiary/aromatic N) is 4. The van der Waals surface area contributed by atoms with Crippen molar-refractivity contribution in [2.75, 3.05) is 25.2 Å². The van der Waals surface area contributed by atoms with E-state index in [1.54, 1.807) is 25.1 Å². The van der Waals surface area contributed by atoms with Crippen molar-refractivity contribution in [1.29, 1.82) is 0 Å². The summed E-state index contributed by atoms with van der Waals surface area (Å²) in [6.45, 7) is 0.951. The Bertz CT molecular complexity index is 2280. The number of sulfone groups is 1. The van der Waals surface area contributed by atoms with Gasteiger partial charge in [-0.1, -0.05) is 11.1 Å². The summed E-state index contributed by atoms with van der Waals surface area (Å²) in [5, 5.41) is 39.4. The lowest BCUT2D eigenvalue weighted by molar-refractivity contribution is -0.432. The highest BCUT2D eigenvalue weighted by atomic mass is 32.3. The molecule has 19 nitrogen and oxygen atoms in total. The summed E-state index contributed by atoms with van der Waals surface area (Å²) in [7, 11) is -12.5. The van der Waals surface area contributed by atoms with Crippen LogP contribution in [0.15, 0.2) is 89.7 Å². The maximum absolute atomic E-state index is 12.5. The zero-order valence-electron chi connectivity index (χ0n) is 25.0. The van der Waals surface area contributed by atoms with Crippen LogP contribution < -0.4 is 10.5 Å². The summed E-state index contributed by atoms with van der Waals surface area (Å²) < 4.78 is 104. The molecule has 0 radical (unpaired) electrons. The van der Waals surface area contributed by atoms with Crippen LogP contribution in [0, 0.1) is 6.92 Å². The van der Waals surface area contributed by atoms with Crippen LogP contribution in [0.1, 0.15) is 5.56 Å². The smallest absolute Gasteiger partial charge is 0.397 e. The van der Waals surface area contributed by atoms with E-state index in [2.05, 4.69) is 34.0 Å². The Balaban J connectivity index is 1.81. The number of fused-ring (bicyclic) bond motifs is 1. The van der Waals surface area contributed by atoms with Crippen molar-refractivity contribution in [3.05, 3.63) is 60.2 Å². The Kier molecular flexibility index (Phi) is 11.5. The molecule has 23 heteroatoms. The summed E-state index contributed by atoms with van der Waals surface area (Å²) in [5.74, 6) is -1.10. The first-order chi connectivity index (χ1) is 22.9. The van der Waals surface area contributed by atoms with Gasteiger partial charge < -0.3 is 15.6 Å². The number of ether oxygens (including phenoxy) is 1. The average molecular weight is 760 g/mol. The van der Waals surface area contributed by atoms with Crippen molar-refractivity contribution < 1.29 is 63.0 Å². The van der Waals surface area contributed by atoms with Crippen LogP contribution in [0.5, 0.6) is 11.5 Å². The topological polar surface area (TPSA) is 296 Å². The maximum atomic E-state index is 12.5. The van der Waals surface area contributed by atoms with Gasteiger partial charge in [-0.2, -0.15) is 21.9 Å². The van der Waals surface area contributed by atoms with Gasteiger partial charge in [0, 0.05) is 0 Å². The Morgan fingerprint density at radius 1 is 0.878 bits per heavy atom. The zero-order valence-corrected chi connectivity index (χ0v) is 28.2. The molecule has 0 spiro atoms. The molecule has 4 aromatic carbocycles. The fourth-order valence-electron chi connectivity index (χ4n) is 4.20. The standard InChI is InChI=1S/C26H25N5O14S4/c1-14-3-8-19(42-2)18(11-14)29-30-24-20(46-45-44-33)12-15-13-21(48(36,37)38)25(23(27)22(15)26(24)32)31-28-16-4-6-17(7-5-16)47(34,35)10-9-43-49(39,40)41/h3-8,11-13,32-33H,9-10,27H2,1-2H3,(H,36,37,38)(H,39,40,41). The van der Waals surface area contributed by atoms with Crippen molar-refractivity contribution in [3.63, 3.8) is 0 Å². The first-order valence-electron chi connectivity index (χ1n) is 13.1. The third-order valence-corrected chi connectivity index (χ3v) is 10.0. The Morgan fingerprint density at radius 2 is 1.55 bits per heavy atom. The number of phenols is 1. The van der Waals surface area contributed by atoms with E-state index in [0.29, 0.717) is 17.8 Å². The summed E-state index contributed by atoms with van der Waals surface area (Å²) >= 11 is 0.364. The predicted molar refractivity (Wildman–Crippen MR) is 173 cm³/mol. The molecule has 0 bridgehead atoms.